The molecule has 0 aliphatic heterocycles. The Morgan fingerprint density at radius 3 is 2.94 bits per heavy atom. The quantitative estimate of drug-likeness (QED) is 0.840. The molecule has 0 atom stereocenters. The third kappa shape index (κ3) is 2.97. The van der Waals surface area contributed by atoms with Gasteiger partial charge < -0.3 is 4.74 Å². The molecule has 0 amide bonds. The second kappa shape index (κ2) is 5.80. The summed E-state index contributed by atoms with van der Waals surface area (Å²) in [5.41, 5.74) is 2.13. The first-order valence-electron chi connectivity index (χ1n) is 5.54. The number of aryl methyl sites for hydroxylation is 2. The van der Waals surface area contributed by atoms with Crippen LogP contribution >= 0.6 is 27.3 Å². The molecule has 2 aromatic heterocycles. The maximum absolute atomic E-state index is 5.72. The first kappa shape index (κ1) is 12.8. The van der Waals surface area contributed by atoms with E-state index in [-0.39, 0.29) is 0 Å². The molecule has 0 aromatic carbocycles. The van der Waals surface area contributed by atoms with Crippen LogP contribution in [0.5, 0.6) is 0 Å². The number of aromatic nitrogens is 2. The van der Waals surface area contributed by atoms with Crippen LogP contribution in [0.4, 0.5) is 0 Å². The molecular weight excluding hydrogens is 300 g/mol. The lowest BCUT2D eigenvalue weighted by Crippen LogP contribution is -2.04. The molecule has 2 aromatic rings. The number of nitrogens with zero attached hydrogens (tertiary/aromatic N) is 2. The van der Waals surface area contributed by atoms with E-state index in [4.69, 9.17) is 4.74 Å². The summed E-state index contributed by atoms with van der Waals surface area (Å²) in [6.07, 6.45) is 0. The second-order valence-electron chi connectivity index (χ2n) is 3.73. The Bertz CT molecular complexity index is 479. The Labute approximate surface area is 114 Å². The van der Waals surface area contributed by atoms with Gasteiger partial charge in [0.1, 0.15) is 0 Å². The fraction of sp³-hybridized carbons (Fsp3) is 0.417. The molecule has 2 heterocycles. The third-order valence-electron chi connectivity index (χ3n) is 2.52. The largest absolute Gasteiger partial charge is 0.370 e. The van der Waals surface area contributed by atoms with Crippen molar-refractivity contribution in [3.8, 4) is 0 Å². The van der Waals surface area contributed by atoms with Gasteiger partial charge >= 0.3 is 0 Å². The van der Waals surface area contributed by atoms with Crippen molar-refractivity contribution in [2.75, 3.05) is 0 Å². The molecular formula is C12H15BrN2OS. The maximum atomic E-state index is 5.72. The first-order valence-corrected chi connectivity index (χ1v) is 7.21. The third-order valence-corrected chi connectivity index (χ3v) is 4.40. The van der Waals surface area contributed by atoms with E-state index in [1.807, 2.05) is 17.7 Å². The second-order valence-corrected chi connectivity index (χ2v) is 5.56. The van der Waals surface area contributed by atoms with Gasteiger partial charge in [0.05, 0.1) is 29.1 Å². The van der Waals surface area contributed by atoms with Crippen molar-refractivity contribution in [1.29, 1.82) is 0 Å². The fourth-order valence-corrected chi connectivity index (χ4v) is 2.69. The van der Waals surface area contributed by atoms with Gasteiger partial charge in [-0.05, 0) is 41.2 Å². The van der Waals surface area contributed by atoms with Gasteiger partial charge in [-0.2, -0.15) is 5.10 Å². The smallest absolute Gasteiger partial charge is 0.0901 e. The normalized spacial score (nSPS) is 11.0. The van der Waals surface area contributed by atoms with Crippen LogP contribution < -0.4 is 0 Å². The highest BCUT2D eigenvalue weighted by atomic mass is 79.9. The van der Waals surface area contributed by atoms with Crippen LogP contribution in [-0.4, -0.2) is 9.78 Å². The number of ether oxygens (including phenoxy) is 1. The molecule has 0 bridgehead atoms. The van der Waals surface area contributed by atoms with E-state index < -0.39 is 0 Å². The molecule has 0 aliphatic rings. The van der Waals surface area contributed by atoms with Gasteiger partial charge in [0.25, 0.3) is 0 Å². The molecule has 0 fully saturated rings. The van der Waals surface area contributed by atoms with Crippen LogP contribution in [0.3, 0.4) is 0 Å². The van der Waals surface area contributed by atoms with Gasteiger partial charge in [0, 0.05) is 11.4 Å². The summed E-state index contributed by atoms with van der Waals surface area (Å²) >= 11 is 5.28. The molecule has 92 valence electrons. The van der Waals surface area contributed by atoms with Crippen LogP contribution in [0.25, 0.3) is 0 Å². The molecule has 0 saturated heterocycles. The van der Waals surface area contributed by atoms with Crippen molar-refractivity contribution in [1.82, 2.24) is 9.78 Å². The Kier molecular flexibility index (Phi) is 4.36. The molecule has 0 spiro atoms. The zero-order valence-electron chi connectivity index (χ0n) is 9.94. The van der Waals surface area contributed by atoms with Crippen molar-refractivity contribution < 1.29 is 4.74 Å². The monoisotopic (exact) mass is 314 g/mol. The Balaban J connectivity index is 1.98. The van der Waals surface area contributed by atoms with E-state index in [1.165, 1.54) is 4.88 Å². The summed E-state index contributed by atoms with van der Waals surface area (Å²) in [7, 11) is 0. The summed E-state index contributed by atoms with van der Waals surface area (Å²) in [5.74, 6) is 0. The van der Waals surface area contributed by atoms with E-state index in [0.717, 1.165) is 22.4 Å². The van der Waals surface area contributed by atoms with Crippen LogP contribution in [0.2, 0.25) is 0 Å². The van der Waals surface area contributed by atoms with Gasteiger partial charge in [-0.3, -0.25) is 4.68 Å². The minimum atomic E-state index is 0.590. The summed E-state index contributed by atoms with van der Waals surface area (Å²) < 4.78 is 8.76. The fourth-order valence-electron chi connectivity index (χ4n) is 1.65. The Morgan fingerprint density at radius 1 is 1.47 bits per heavy atom. The highest BCUT2D eigenvalue weighted by Crippen LogP contribution is 2.22. The lowest BCUT2D eigenvalue weighted by molar-refractivity contribution is 0.103. The molecule has 0 unspecified atom stereocenters. The van der Waals surface area contributed by atoms with E-state index in [1.54, 1.807) is 11.3 Å². The summed E-state index contributed by atoms with van der Waals surface area (Å²) in [4.78, 5) is 1.25. The van der Waals surface area contributed by atoms with Gasteiger partial charge in [-0.15, -0.1) is 11.3 Å². The summed E-state index contributed by atoms with van der Waals surface area (Å²) in [5, 5.41) is 6.50. The van der Waals surface area contributed by atoms with Gasteiger partial charge in [-0.25, -0.2) is 0 Å². The van der Waals surface area contributed by atoms with Crippen molar-refractivity contribution in [3.05, 3.63) is 38.3 Å². The first-order chi connectivity index (χ1) is 8.22. The topological polar surface area (TPSA) is 27.1 Å². The SMILES string of the molecule is CCn1nc(C)c(Br)c1COCc1cccs1. The van der Waals surface area contributed by atoms with Crippen molar-refractivity contribution >= 4 is 27.3 Å². The maximum Gasteiger partial charge on any atom is 0.0901 e. The molecule has 0 radical (unpaired) electrons. The van der Waals surface area contributed by atoms with Crippen molar-refractivity contribution in [2.24, 2.45) is 0 Å². The van der Waals surface area contributed by atoms with Crippen molar-refractivity contribution in [3.63, 3.8) is 0 Å². The summed E-state index contributed by atoms with van der Waals surface area (Å²) in [6.45, 7) is 6.20. The van der Waals surface area contributed by atoms with Gasteiger partial charge in [-0.1, -0.05) is 6.07 Å². The Morgan fingerprint density at radius 2 is 2.29 bits per heavy atom. The number of hydrogen-bond acceptors (Lipinski definition) is 3. The molecule has 0 N–H and O–H groups in total. The molecule has 3 nitrogen and oxygen atoms in total. The molecule has 2 rings (SSSR count). The van der Waals surface area contributed by atoms with E-state index >= 15 is 0 Å². The number of hydrogen-bond donors (Lipinski definition) is 0. The average molecular weight is 315 g/mol. The Hall–Kier alpha value is -0.650. The number of rotatable bonds is 5. The van der Waals surface area contributed by atoms with Crippen LogP contribution in [0, 0.1) is 6.92 Å². The summed E-state index contributed by atoms with van der Waals surface area (Å²) in [6, 6.07) is 4.13. The van der Waals surface area contributed by atoms with E-state index in [2.05, 4.69) is 39.4 Å². The highest BCUT2D eigenvalue weighted by molar-refractivity contribution is 9.10. The van der Waals surface area contributed by atoms with Crippen LogP contribution in [-0.2, 0) is 24.5 Å². The standard InChI is InChI=1S/C12H15BrN2OS/c1-3-15-11(12(13)9(2)14-15)8-16-7-10-5-4-6-17-10/h4-6H,3,7-8H2,1-2H3. The molecule has 17 heavy (non-hydrogen) atoms. The number of thiophene rings is 1. The molecule has 0 saturated carbocycles. The van der Waals surface area contributed by atoms with Gasteiger partial charge in [0.15, 0.2) is 0 Å². The minimum absolute atomic E-state index is 0.590. The van der Waals surface area contributed by atoms with Crippen LogP contribution in [0.1, 0.15) is 23.2 Å². The predicted octanol–water partition coefficient (Wildman–Crippen LogP) is 3.75. The van der Waals surface area contributed by atoms with Crippen LogP contribution in [0.15, 0.2) is 22.0 Å². The molecule has 0 aliphatic carbocycles. The zero-order valence-corrected chi connectivity index (χ0v) is 12.3. The van der Waals surface area contributed by atoms with Crippen molar-refractivity contribution in [2.45, 2.75) is 33.6 Å². The molecule has 5 heteroatoms. The minimum Gasteiger partial charge on any atom is -0.370 e. The highest BCUT2D eigenvalue weighted by Gasteiger charge is 2.11. The zero-order chi connectivity index (χ0) is 12.3. The van der Waals surface area contributed by atoms with E-state index in [0.29, 0.717) is 13.2 Å². The predicted molar refractivity (Wildman–Crippen MR) is 73.2 cm³/mol. The lowest BCUT2D eigenvalue weighted by Gasteiger charge is -2.06. The number of halogens is 1. The average Bonchev–Trinajstić information content (AvgIpc) is 2.92. The van der Waals surface area contributed by atoms with Gasteiger partial charge in [0.2, 0.25) is 0 Å². The van der Waals surface area contributed by atoms with E-state index in [9.17, 15) is 0 Å². The lowest BCUT2D eigenvalue weighted by atomic mass is 10.4.